The van der Waals surface area contributed by atoms with E-state index >= 15 is 0 Å². The third-order valence-corrected chi connectivity index (χ3v) is 5.59. The number of aryl methyl sites for hydroxylation is 2. The van der Waals surface area contributed by atoms with Crippen LogP contribution < -0.4 is 5.32 Å². The second-order valence-electron chi connectivity index (χ2n) is 7.28. The van der Waals surface area contributed by atoms with Crippen LogP contribution in [-0.2, 0) is 13.6 Å². The Morgan fingerprint density at radius 1 is 1.25 bits per heavy atom. The number of nitrogens with one attached hydrogen (secondary N) is 1. The van der Waals surface area contributed by atoms with Crippen LogP contribution in [0.1, 0.15) is 36.2 Å². The Morgan fingerprint density at radius 3 is 2.62 bits per heavy atom. The molecule has 2 aliphatic rings. The summed E-state index contributed by atoms with van der Waals surface area (Å²) in [7, 11) is 3.89. The van der Waals surface area contributed by atoms with Gasteiger partial charge in [0.05, 0.1) is 5.69 Å². The van der Waals surface area contributed by atoms with Crippen molar-refractivity contribution in [3.8, 4) is 0 Å². The molecule has 0 bridgehead atoms. The van der Waals surface area contributed by atoms with Gasteiger partial charge >= 0.3 is 0 Å². The van der Waals surface area contributed by atoms with E-state index in [9.17, 15) is 0 Å². The molecular weight excluding hydrogens is 300 g/mol. The molecule has 3 heterocycles. The number of hydrogen-bond donors (Lipinski definition) is 1. The molecular formula is C18H32N6. The van der Waals surface area contributed by atoms with Gasteiger partial charge in [0.15, 0.2) is 5.96 Å². The minimum absolute atomic E-state index is 0.781. The molecule has 1 aromatic heterocycles. The van der Waals surface area contributed by atoms with Crippen LogP contribution in [0.15, 0.2) is 4.99 Å². The first-order valence-electron chi connectivity index (χ1n) is 9.25. The number of hydrogen-bond acceptors (Lipinski definition) is 3. The molecule has 24 heavy (non-hydrogen) atoms. The first-order chi connectivity index (χ1) is 11.6. The van der Waals surface area contributed by atoms with Gasteiger partial charge in [0.25, 0.3) is 0 Å². The van der Waals surface area contributed by atoms with Gasteiger partial charge in [0, 0.05) is 51.5 Å². The number of nitrogens with zero attached hydrogens (tertiary/aromatic N) is 5. The summed E-state index contributed by atoms with van der Waals surface area (Å²) in [5.74, 6) is 1.81. The molecule has 6 nitrogen and oxygen atoms in total. The molecule has 0 radical (unpaired) electrons. The number of aromatic nitrogens is 2. The minimum atomic E-state index is 0.781. The fourth-order valence-corrected chi connectivity index (χ4v) is 4.08. The van der Waals surface area contributed by atoms with Gasteiger partial charge in [-0.3, -0.25) is 9.67 Å². The highest BCUT2D eigenvalue weighted by Crippen LogP contribution is 2.20. The van der Waals surface area contributed by atoms with Crippen molar-refractivity contribution < 1.29 is 0 Å². The predicted octanol–water partition coefficient (Wildman–Crippen LogP) is 1.53. The predicted molar refractivity (Wildman–Crippen MR) is 98.2 cm³/mol. The SMILES string of the molecule is CN=C(NCc1c(C)nn(C)c1C)N1CCC(CN2CCCC2)C1. The van der Waals surface area contributed by atoms with E-state index in [2.05, 4.69) is 39.1 Å². The highest BCUT2D eigenvalue weighted by atomic mass is 15.3. The summed E-state index contributed by atoms with van der Waals surface area (Å²) >= 11 is 0. The Hall–Kier alpha value is -1.56. The summed E-state index contributed by atoms with van der Waals surface area (Å²) in [4.78, 5) is 9.56. The first kappa shape index (κ1) is 17.3. The van der Waals surface area contributed by atoms with Gasteiger partial charge < -0.3 is 15.1 Å². The second kappa shape index (κ2) is 7.55. The highest BCUT2D eigenvalue weighted by Gasteiger charge is 2.27. The van der Waals surface area contributed by atoms with Crippen molar-refractivity contribution in [2.24, 2.45) is 18.0 Å². The lowest BCUT2D eigenvalue weighted by Crippen LogP contribution is -2.40. The molecule has 0 aromatic carbocycles. The average Bonchev–Trinajstić information content (AvgIpc) is 3.27. The van der Waals surface area contributed by atoms with Crippen molar-refractivity contribution in [3.63, 3.8) is 0 Å². The van der Waals surface area contributed by atoms with Crippen molar-refractivity contribution in [1.82, 2.24) is 24.9 Å². The van der Waals surface area contributed by atoms with E-state index in [0.29, 0.717) is 0 Å². The van der Waals surface area contributed by atoms with Crippen LogP contribution in [0.5, 0.6) is 0 Å². The molecule has 1 unspecified atom stereocenters. The molecule has 6 heteroatoms. The van der Waals surface area contributed by atoms with Gasteiger partial charge in [0.2, 0.25) is 0 Å². The van der Waals surface area contributed by atoms with Crippen molar-refractivity contribution in [3.05, 3.63) is 17.0 Å². The van der Waals surface area contributed by atoms with E-state index in [1.54, 1.807) is 0 Å². The molecule has 3 rings (SSSR count). The number of rotatable bonds is 4. The molecule has 0 spiro atoms. The Kier molecular flexibility index (Phi) is 5.43. The van der Waals surface area contributed by atoms with Crippen LogP contribution in [-0.4, -0.2) is 65.3 Å². The second-order valence-corrected chi connectivity index (χ2v) is 7.28. The van der Waals surface area contributed by atoms with Crippen LogP contribution >= 0.6 is 0 Å². The number of aliphatic imine (C=N–C) groups is 1. The van der Waals surface area contributed by atoms with Gasteiger partial charge in [-0.2, -0.15) is 5.10 Å². The quantitative estimate of drug-likeness (QED) is 0.671. The van der Waals surface area contributed by atoms with E-state index in [4.69, 9.17) is 0 Å². The highest BCUT2D eigenvalue weighted by molar-refractivity contribution is 5.80. The topological polar surface area (TPSA) is 48.7 Å². The summed E-state index contributed by atoms with van der Waals surface area (Å²) in [6, 6.07) is 0. The molecule has 0 aliphatic carbocycles. The van der Waals surface area contributed by atoms with Gasteiger partial charge in [-0.1, -0.05) is 0 Å². The lowest BCUT2D eigenvalue weighted by Gasteiger charge is -2.23. The summed E-state index contributed by atoms with van der Waals surface area (Å²) in [6.07, 6.45) is 4.04. The van der Waals surface area contributed by atoms with Crippen molar-refractivity contribution >= 4 is 5.96 Å². The molecule has 1 N–H and O–H groups in total. The Labute approximate surface area is 145 Å². The molecule has 2 fully saturated rings. The largest absolute Gasteiger partial charge is 0.352 e. The number of guanidine groups is 1. The Morgan fingerprint density at radius 2 is 2.00 bits per heavy atom. The summed E-state index contributed by atoms with van der Waals surface area (Å²) in [6.45, 7) is 11.1. The maximum atomic E-state index is 4.51. The van der Waals surface area contributed by atoms with Crippen LogP contribution in [0, 0.1) is 19.8 Å². The molecule has 0 amide bonds. The normalized spacial score (nSPS) is 22.6. The van der Waals surface area contributed by atoms with Crippen molar-refractivity contribution in [2.45, 2.75) is 39.7 Å². The summed E-state index contributed by atoms with van der Waals surface area (Å²) < 4.78 is 1.96. The third kappa shape index (κ3) is 3.74. The maximum absolute atomic E-state index is 4.51. The molecule has 1 aromatic rings. The van der Waals surface area contributed by atoms with Gasteiger partial charge in [-0.15, -0.1) is 0 Å². The zero-order valence-electron chi connectivity index (χ0n) is 15.7. The van der Waals surface area contributed by atoms with E-state index in [0.717, 1.165) is 37.2 Å². The zero-order valence-corrected chi connectivity index (χ0v) is 15.7. The van der Waals surface area contributed by atoms with Crippen LogP contribution in [0.25, 0.3) is 0 Å². The molecule has 2 aliphatic heterocycles. The van der Waals surface area contributed by atoms with Gasteiger partial charge in [0.1, 0.15) is 0 Å². The lowest BCUT2D eigenvalue weighted by atomic mass is 10.1. The fraction of sp³-hybridized carbons (Fsp3) is 0.778. The lowest BCUT2D eigenvalue weighted by molar-refractivity contribution is 0.281. The van der Waals surface area contributed by atoms with E-state index < -0.39 is 0 Å². The van der Waals surface area contributed by atoms with Crippen LogP contribution in [0.3, 0.4) is 0 Å². The average molecular weight is 332 g/mol. The number of likely N-dealkylation sites (tertiary alicyclic amines) is 2. The standard InChI is InChI=1S/C18H32N6/c1-14-17(15(2)22(4)21-14)11-20-18(19-3)24-10-7-16(13-24)12-23-8-5-6-9-23/h16H,5-13H2,1-4H3,(H,19,20). The Bertz CT molecular complexity index is 585. The smallest absolute Gasteiger partial charge is 0.193 e. The van der Waals surface area contributed by atoms with Gasteiger partial charge in [-0.05, 0) is 52.1 Å². The molecule has 0 saturated carbocycles. The van der Waals surface area contributed by atoms with Crippen LogP contribution in [0.4, 0.5) is 0 Å². The zero-order chi connectivity index (χ0) is 17.1. The molecule has 1 atom stereocenters. The van der Waals surface area contributed by atoms with E-state index in [-0.39, 0.29) is 0 Å². The van der Waals surface area contributed by atoms with E-state index in [1.165, 1.54) is 50.2 Å². The monoisotopic (exact) mass is 332 g/mol. The minimum Gasteiger partial charge on any atom is -0.352 e. The third-order valence-electron chi connectivity index (χ3n) is 5.59. The molecule has 134 valence electrons. The van der Waals surface area contributed by atoms with Crippen LogP contribution in [0.2, 0.25) is 0 Å². The summed E-state index contributed by atoms with van der Waals surface area (Å²) in [5, 5.41) is 8.04. The maximum Gasteiger partial charge on any atom is 0.193 e. The van der Waals surface area contributed by atoms with E-state index in [1.807, 2.05) is 18.8 Å². The van der Waals surface area contributed by atoms with Crippen molar-refractivity contribution in [1.29, 1.82) is 0 Å². The fourth-order valence-electron chi connectivity index (χ4n) is 4.08. The molecule has 2 saturated heterocycles. The van der Waals surface area contributed by atoms with Gasteiger partial charge in [-0.25, -0.2) is 0 Å². The van der Waals surface area contributed by atoms with Crippen molar-refractivity contribution in [2.75, 3.05) is 39.8 Å². The summed E-state index contributed by atoms with van der Waals surface area (Å²) in [5.41, 5.74) is 3.61. The Balaban J connectivity index is 1.53. The first-order valence-corrected chi connectivity index (χ1v) is 9.25.